The first kappa shape index (κ1) is 13.5. The van der Waals surface area contributed by atoms with E-state index in [1.807, 2.05) is 0 Å². The largest absolute Gasteiger partial charge is 0.397 e. The standard InChI is InChI=1S/C10H11ClFN5O2/c11-6-4-7(12)9(5-8(6)13)17-10(19)16(14-15-17)2-1-3-18/h4-5,18H,1-3,13H2. The van der Waals surface area contributed by atoms with Gasteiger partial charge in [0.1, 0.15) is 5.69 Å². The maximum absolute atomic E-state index is 13.7. The molecule has 0 aliphatic heterocycles. The van der Waals surface area contributed by atoms with Crippen molar-refractivity contribution in [1.29, 1.82) is 0 Å². The molecular weight excluding hydrogens is 277 g/mol. The molecule has 3 N–H and O–H groups in total. The first-order valence-corrected chi connectivity index (χ1v) is 5.81. The number of aliphatic hydroxyl groups excluding tert-OH is 1. The number of hydrogen-bond donors (Lipinski definition) is 2. The smallest absolute Gasteiger partial charge is 0.368 e. The molecule has 1 heterocycles. The van der Waals surface area contributed by atoms with Gasteiger partial charge in [-0.1, -0.05) is 11.6 Å². The van der Waals surface area contributed by atoms with E-state index in [2.05, 4.69) is 10.4 Å². The summed E-state index contributed by atoms with van der Waals surface area (Å²) in [5.74, 6) is -0.726. The van der Waals surface area contributed by atoms with Crippen molar-refractivity contribution in [3.8, 4) is 5.69 Å². The number of aliphatic hydroxyl groups is 1. The fourth-order valence-electron chi connectivity index (χ4n) is 1.50. The van der Waals surface area contributed by atoms with Crippen LogP contribution in [0.1, 0.15) is 6.42 Å². The van der Waals surface area contributed by atoms with Gasteiger partial charge in [-0.25, -0.2) is 9.18 Å². The van der Waals surface area contributed by atoms with Crippen LogP contribution in [0, 0.1) is 5.82 Å². The van der Waals surface area contributed by atoms with Gasteiger partial charge in [0.05, 0.1) is 17.3 Å². The van der Waals surface area contributed by atoms with Crippen LogP contribution < -0.4 is 11.4 Å². The molecule has 2 aromatic rings. The number of nitrogens with zero attached hydrogens (tertiary/aromatic N) is 4. The van der Waals surface area contributed by atoms with Gasteiger partial charge in [-0.05, 0) is 29.0 Å². The lowest BCUT2D eigenvalue weighted by molar-refractivity contribution is 0.275. The molecule has 0 saturated heterocycles. The van der Waals surface area contributed by atoms with Crippen molar-refractivity contribution in [2.75, 3.05) is 12.3 Å². The van der Waals surface area contributed by atoms with Crippen LogP contribution in [0.2, 0.25) is 5.02 Å². The van der Waals surface area contributed by atoms with Gasteiger partial charge >= 0.3 is 5.69 Å². The predicted octanol–water partition coefficient (Wildman–Crippen LogP) is 0.186. The molecule has 1 aromatic carbocycles. The third-order valence-corrected chi connectivity index (χ3v) is 2.79. The molecule has 9 heteroatoms. The van der Waals surface area contributed by atoms with Crippen molar-refractivity contribution in [3.63, 3.8) is 0 Å². The van der Waals surface area contributed by atoms with E-state index in [0.717, 1.165) is 15.4 Å². The lowest BCUT2D eigenvalue weighted by Crippen LogP contribution is -2.25. The number of nitrogens with two attached hydrogens (primary N) is 1. The highest BCUT2D eigenvalue weighted by Crippen LogP contribution is 2.23. The van der Waals surface area contributed by atoms with E-state index in [-0.39, 0.29) is 29.5 Å². The number of halogens is 2. The summed E-state index contributed by atoms with van der Waals surface area (Å²) < 4.78 is 15.6. The van der Waals surface area contributed by atoms with Gasteiger partial charge in [-0.3, -0.25) is 0 Å². The molecule has 0 aliphatic rings. The predicted molar refractivity (Wildman–Crippen MR) is 66.7 cm³/mol. The first-order chi connectivity index (χ1) is 9.04. The molecule has 2 rings (SSSR count). The highest BCUT2D eigenvalue weighted by molar-refractivity contribution is 6.33. The third-order valence-electron chi connectivity index (χ3n) is 2.46. The Kier molecular flexibility index (Phi) is 3.82. The Morgan fingerprint density at radius 1 is 1.42 bits per heavy atom. The second kappa shape index (κ2) is 5.37. The Labute approximate surface area is 112 Å². The van der Waals surface area contributed by atoms with E-state index in [1.54, 1.807) is 0 Å². The first-order valence-electron chi connectivity index (χ1n) is 5.43. The summed E-state index contributed by atoms with van der Waals surface area (Å²) in [5.41, 5.74) is 4.96. The average molecular weight is 288 g/mol. The molecular formula is C10H11ClFN5O2. The maximum Gasteiger partial charge on any atom is 0.368 e. The zero-order valence-corrected chi connectivity index (χ0v) is 10.5. The highest BCUT2D eigenvalue weighted by Gasteiger charge is 2.14. The van der Waals surface area contributed by atoms with Crippen LogP contribution in [0.3, 0.4) is 0 Å². The van der Waals surface area contributed by atoms with Crippen LogP contribution in [-0.4, -0.2) is 31.5 Å². The number of benzene rings is 1. The Bertz CT molecular complexity index is 654. The minimum atomic E-state index is -0.726. The molecule has 0 unspecified atom stereocenters. The number of tetrazole rings is 1. The lowest BCUT2D eigenvalue weighted by atomic mass is 10.2. The summed E-state index contributed by atoms with van der Waals surface area (Å²) in [6, 6.07) is 2.22. The van der Waals surface area contributed by atoms with Gasteiger partial charge in [0, 0.05) is 6.61 Å². The summed E-state index contributed by atoms with van der Waals surface area (Å²) in [7, 11) is 0. The summed E-state index contributed by atoms with van der Waals surface area (Å²) in [6.07, 6.45) is 0.351. The van der Waals surface area contributed by atoms with E-state index >= 15 is 0 Å². The lowest BCUT2D eigenvalue weighted by Gasteiger charge is -2.04. The zero-order valence-electron chi connectivity index (χ0n) is 9.75. The number of aryl methyl sites for hydroxylation is 1. The molecule has 19 heavy (non-hydrogen) atoms. The Balaban J connectivity index is 2.45. The second-order valence-corrected chi connectivity index (χ2v) is 4.21. The second-order valence-electron chi connectivity index (χ2n) is 3.80. The van der Waals surface area contributed by atoms with Crippen molar-refractivity contribution >= 4 is 17.3 Å². The molecule has 0 aliphatic carbocycles. The molecule has 0 spiro atoms. The number of hydrogen-bond acceptors (Lipinski definition) is 5. The highest BCUT2D eigenvalue weighted by atomic mass is 35.5. The van der Waals surface area contributed by atoms with Gasteiger partial charge < -0.3 is 10.8 Å². The monoisotopic (exact) mass is 287 g/mol. The maximum atomic E-state index is 13.7. The van der Waals surface area contributed by atoms with Crippen LogP contribution in [0.4, 0.5) is 10.1 Å². The molecule has 0 atom stereocenters. The fraction of sp³-hybridized carbons (Fsp3) is 0.300. The van der Waals surface area contributed by atoms with Crippen molar-refractivity contribution < 1.29 is 9.50 Å². The number of anilines is 1. The SMILES string of the molecule is Nc1cc(-n2nnn(CCCO)c2=O)c(F)cc1Cl. The Morgan fingerprint density at radius 2 is 2.16 bits per heavy atom. The van der Waals surface area contributed by atoms with Gasteiger partial charge in [-0.15, -0.1) is 0 Å². The fourth-order valence-corrected chi connectivity index (χ4v) is 1.65. The van der Waals surface area contributed by atoms with Crippen molar-refractivity contribution in [2.45, 2.75) is 13.0 Å². The van der Waals surface area contributed by atoms with Gasteiger partial charge in [0.2, 0.25) is 0 Å². The minimum absolute atomic E-state index is 0.0574. The number of nitrogen functional groups attached to an aromatic ring is 1. The molecule has 0 bridgehead atoms. The average Bonchev–Trinajstić information content (AvgIpc) is 2.73. The van der Waals surface area contributed by atoms with Gasteiger partial charge in [0.15, 0.2) is 5.82 Å². The zero-order chi connectivity index (χ0) is 14.0. The minimum Gasteiger partial charge on any atom is -0.397 e. The van der Waals surface area contributed by atoms with Gasteiger partial charge in [-0.2, -0.15) is 9.36 Å². The van der Waals surface area contributed by atoms with Crippen molar-refractivity contribution in [3.05, 3.63) is 33.5 Å². The van der Waals surface area contributed by atoms with Crippen LogP contribution in [-0.2, 0) is 6.54 Å². The van der Waals surface area contributed by atoms with E-state index in [4.69, 9.17) is 22.4 Å². The summed E-state index contributed by atoms with van der Waals surface area (Å²) in [5, 5.41) is 15.9. The van der Waals surface area contributed by atoms with Crippen LogP contribution >= 0.6 is 11.6 Å². The molecule has 102 valence electrons. The normalized spacial score (nSPS) is 10.9. The van der Waals surface area contributed by atoms with Gasteiger partial charge in [0.25, 0.3) is 0 Å². The molecule has 0 saturated carbocycles. The Hall–Kier alpha value is -1.93. The molecule has 0 amide bonds. The topological polar surface area (TPSA) is 99.0 Å². The molecule has 7 nitrogen and oxygen atoms in total. The summed E-state index contributed by atoms with van der Waals surface area (Å²) >= 11 is 5.67. The molecule has 0 fully saturated rings. The van der Waals surface area contributed by atoms with E-state index in [0.29, 0.717) is 6.42 Å². The third kappa shape index (κ3) is 2.59. The van der Waals surface area contributed by atoms with Crippen molar-refractivity contribution in [1.82, 2.24) is 19.8 Å². The molecule has 0 radical (unpaired) electrons. The van der Waals surface area contributed by atoms with Crippen molar-refractivity contribution in [2.24, 2.45) is 0 Å². The van der Waals surface area contributed by atoms with Crippen LogP contribution in [0.15, 0.2) is 16.9 Å². The van der Waals surface area contributed by atoms with Crippen LogP contribution in [0.25, 0.3) is 5.69 Å². The Morgan fingerprint density at radius 3 is 2.84 bits per heavy atom. The van der Waals surface area contributed by atoms with Crippen LogP contribution in [0.5, 0.6) is 0 Å². The van der Waals surface area contributed by atoms with E-state index < -0.39 is 11.5 Å². The molecule has 1 aromatic heterocycles. The van der Waals surface area contributed by atoms with E-state index in [9.17, 15) is 9.18 Å². The number of rotatable bonds is 4. The summed E-state index contributed by atoms with van der Waals surface area (Å²) in [6.45, 7) is 0.113. The number of aromatic nitrogens is 4. The summed E-state index contributed by atoms with van der Waals surface area (Å²) in [4.78, 5) is 11.9. The quantitative estimate of drug-likeness (QED) is 0.782. The van der Waals surface area contributed by atoms with E-state index in [1.165, 1.54) is 6.07 Å².